The first kappa shape index (κ1) is 14.0. The van der Waals surface area contributed by atoms with Gasteiger partial charge >= 0.3 is 6.18 Å². The molecule has 1 fully saturated rings. The summed E-state index contributed by atoms with van der Waals surface area (Å²) in [5.74, 6) is -0.958. The van der Waals surface area contributed by atoms with Crippen molar-refractivity contribution < 1.29 is 23.4 Å². The summed E-state index contributed by atoms with van der Waals surface area (Å²) in [6.07, 6.45) is -7.78. The summed E-state index contributed by atoms with van der Waals surface area (Å²) in [7, 11) is 1.67. The molecule has 0 radical (unpaired) electrons. The molecule has 0 aromatic rings. The Balaban J connectivity index is 2.08. The highest BCUT2D eigenvalue weighted by Gasteiger charge is 2.49. The summed E-state index contributed by atoms with van der Waals surface area (Å²) in [4.78, 5) is 4.17. The second-order valence-corrected chi connectivity index (χ2v) is 5.86. The number of hydrogen-bond donors (Lipinski definition) is 3. The van der Waals surface area contributed by atoms with Crippen LogP contribution in [0.2, 0.25) is 0 Å². The number of nitrogens with zero attached hydrogens (tertiary/aromatic N) is 1. The van der Waals surface area contributed by atoms with Crippen LogP contribution in [0.15, 0.2) is 4.99 Å². The van der Waals surface area contributed by atoms with Gasteiger partial charge in [0.05, 0.1) is 12.1 Å². The molecule has 0 bridgehead atoms. The fourth-order valence-corrected chi connectivity index (χ4v) is 3.78. The van der Waals surface area contributed by atoms with Crippen molar-refractivity contribution in [3.8, 4) is 0 Å². The van der Waals surface area contributed by atoms with Crippen LogP contribution in [0.25, 0.3) is 0 Å². The molecule has 18 heavy (non-hydrogen) atoms. The van der Waals surface area contributed by atoms with Gasteiger partial charge < -0.3 is 15.5 Å². The predicted octanol–water partition coefficient (Wildman–Crippen LogP) is 0.740. The lowest BCUT2D eigenvalue weighted by Gasteiger charge is -2.38. The Hall–Kier alpha value is -0.470. The maximum absolute atomic E-state index is 12.4. The van der Waals surface area contributed by atoms with Crippen molar-refractivity contribution in [1.29, 1.82) is 0 Å². The number of nitrogens with one attached hydrogen (secondary N) is 1. The lowest BCUT2D eigenvalue weighted by molar-refractivity contribution is -0.165. The maximum Gasteiger partial charge on any atom is 0.389 e. The van der Waals surface area contributed by atoms with E-state index >= 15 is 0 Å². The van der Waals surface area contributed by atoms with E-state index in [1.165, 1.54) is 11.8 Å². The Labute approximate surface area is 107 Å². The van der Waals surface area contributed by atoms with Crippen molar-refractivity contribution in [2.75, 3.05) is 7.05 Å². The SMILES string of the molecule is CNC1=N[C@@H]2[C@@H](O)[C@H](O)[C@@H](CC(F)(F)F)C[C@@H]2S1. The molecule has 2 rings (SSSR count). The van der Waals surface area contributed by atoms with Gasteiger partial charge in [-0.1, -0.05) is 11.8 Å². The van der Waals surface area contributed by atoms with Crippen LogP contribution in [-0.2, 0) is 0 Å². The molecule has 0 spiro atoms. The van der Waals surface area contributed by atoms with Crippen LogP contribution in [0.3, 0.4) is 0 Å². The van der Waals surface area contributed by atoms with E-state index in [0.29, 0.717) is 5.17 Å². The molecule has 0 unspecified atom stereocenters. The molecule has 5 atom stereocenters. The van der Waals surface area contributed by atoms with Gasteiger partial charge in [-0.15, -0.1) is 0 Å². The number of alkyl halides is 3. The number of hydrogen-bond acceptors (Lipinski definition) is 5. The Kier molecular flexibility index (Phi) is 3.80. The first-order valence-corrected chi connectivity index (χ1v) is 6.55. The fraction of sp³-hybridized carbons (Fsp3) is 0.900. The van der Waals surface area contributed by atoms with Crippen LogP contribution in [0.1, 0.15) is 12.8 Å². The fourth-order valence-electron chi connectivity index (χ4n) is 2.49. The smallest absolute Gasteiger partial charge is 0.389 e. The van der Waals surface area contributed by atoms with Gasteiger partial charge in [0.15, 0.2) is 5.17 Å². The molecule has 1 aliphatic heterocycles. The lowest BCUT2D eigenvalue weighted by Crippen LogP contribution is -2.51. The van der Waals surface area contributed by atoms with Crippen molar-refractivity contribution in [1.82, 2.24) is 5.32 Å². The predicted molar refractivity (Wildman–Crippen MR) is 62.5 cm³/mol. The summed E-state index contributed by atoms with van der Waals surface area (Å²) >= 11 is 1.33. The van der Waals surface area contributed by atoms with Gasteiger partial charge in [0.1, 0.15) is 6.10 Å². The first-order chi connectivity index (χ1) is 8.31. The average Bonchev–Trinajstić information content (AvgIpc) is 2.67. The van der Waals surface area contributed by atoms with Crippen LogP contribution in [-0.4, -0.2) is 52.1 Å². The monoisotopic (exact) mass is 284 g/mol. The number of halogens is 3. The van der Waals surface area contributed by atoms with Crippen molar-refractivity contribution in [3.05, 3.63) is 0 Å². The standard InChI is InChI=1S/C10H15F3N2O2S/c1-14-9-15-6-5(18-9)2-4(3-10(11,12)13)7(16)8(6)17/h4-8,16-17H,2-3H2,1H3,(H,14,15)/t4-,5+,6+,7-,8-/m1/s1. The third kappa shape index (κ3) is 2.75. The van der Waals surface area contributed by atoms with Crippen LogP contribution in [0.5, 0.6) is 0 Å². The van der Waals surface area contributed by atoms with Gasteiger partial charge in [-0.2, -0.15) is 13.2 Å². The molecule has 0 aromatic heterocycles. The number of aliphatic imine (C=N–C) groups is 1. The quantitative estimate of drug-likeness (QED) is 0.664. The van der Waals surface area contributed by atoms with E-state index < -0.39 is 36.8 Å². The van der Waals surface area contributed by atoms with Crippen molar-refractivity contribution in [2.45, 2.75) is 42.5 Å². The van der Waals surface area contributed by atoms with E-state index in [1.54, 1.807) is 7.05 Å². The van der Waals surface area contributed by atoms with E-state index in [4.69, 9.17) is 0 Å². The molecule has 0 saturated heterocycles. The molecule has 8 heteroatoms. The molecular formula is C10H15F3N2O2S. The molecule has 3 N–H and O–H groups in total. The number of fused-ring (bicyclic) bond motifs is 1. The zero-order valence-electron chi connectivity index (χ0n) is 9.68. The van der Waals surface area contributed by atoms with Crippen LogP contribution in [0, 0.1) is 5.92 Å². The summed E-state index contributed by atoms with van der Waals surface area (Å²) in [5.41, 5.74) is 0. The minimum atomic E-state index is -4.33. The molecule has 2 aliphatic rings. The number of aliphatic hydroxyl groups is 2. The number of amidine groups is 1. The van der Waals surface area contributed by atoms with E-state index in [-0.39, 0.29) is 11.7 Å². The van der Waals surface area contributed by atoms with Gasteiger partial charge in [0.2, 0.25) is 0 Å². The van der Waals surface area contributed by atoms with Gasteiger partial charge in [0, 0.05) is 18.7 Å². The molecule has 104 valence electrons. The average molecular weight is 284 g/mol. The van der Waals surface area contributed by atoms with Crippen molar-refractivity contribution >= 4 is 16.9 Å². The molecule has 1 saturated carbocycles. The Morgan fingerprint density at radius 2 is 2.06 bits per heavy atom. The zero-order valence-corrected chi connectivity index (χ0v) is 10.5. The van der Waals surface area contributed by atoms with E-state index in [2.05, 4.69) is 10.3 Å². The van der Waals surface area contributed by atoms with Crippen LogP contribution >= 0.6 is 11.8 Å². The number of aliphatic hydroxyl groups excluding tert-OH is 2. The summed E-state index contributed by atoms with van der Waals surface area (Å²) in [5, 5.41) is 22.8. The number of rotatable bonds is 1. The summed E-state index contributed by atoms with van der Waals surface area (Å²) in [6.45, 7) is 0. The zero-order chi connectivity index (χ0) is 13.5. The third-order valence-corrected chi connectivity index (χ3v) is 4.64. The van der Waals surface area contributed by atoms with Crippen molar-refractivity contribution in [2.24, 2.45) is 10.9 Å². The highest BCUT2D eigenvalue weighted by molar-refractivity contribution is 8.14. The van der Waals surface area contributed by atoms with Gasteiger partial charge in [0.25, 0.3) is 0 Å². The number of thioether (sulfide) groups is 1. The molecule has 1 aliphatic carbocycles. The Morgan fingerprint density at radius 1 is 1.39 bits per heavy atom. The molecule has 0 aromatic carbocycles. The maximum atomic E-state index is 12.4. The van der Waals surface area contributed by atoms with Gasteiger partial charge in [-0.25, -0.2) is 0 Å². The highest BCUT2D eigenvalue weighted by atomic mass is 32.2. The normalized spacial score (nSPS) is 40.3. The first-order valence-electron chi connectivity index (χ1n) is 5.67. The lowest BCUT2D eigenvalue weighted by atomic mass is 9.79. The Bertz CT molecular complexity index is 351. The summed E-state index contributed by atoms with van der Waals surface area (Å²) in [6, 6.07) is -0.517. The molecular weight excluding hydrogens is 269 g/mol. The van der Waals surface area contributed by atoms with Crippen molar-refractivity contribution in [3.63, 3.8) is 0 Å². The third-order valence-electron chi connectivity index (χ3n) is 3.34. The summed E-state index contributed by atoms with van der Waals surface area (Å²) < 4.78 is 37.2. The second kappa shape index (κ2) is 4.90. The minimum Gasteiger partial charge on any atom is -0.390 e. The Morgan fingerprint density at radius 3 is 2.61 bits per heavy atom. The van der Waals surface area contributed by atoms with Crippen LogP contribution < -0.4 is 5.32 Å². The highest BCUT2D eigenvalue weighted by Crippen LogP contribution is 2.42. The van der Waals surface area contributed by atoms with Gasteiger partial charge in [-0.05, 0) is 12.3 Å². The van der Waals surface area contributed by atoms with E-state index in [0.717, 1.165) is 0 Å². The van der Waals surface area contributed by atoms with Gasteiger partial charge in [-0.3, -0.25) is 4.99 Å². The minimum absolute atomic E-state index is 0.196. The topological polar surface area (TPSA) is 64.9 Å². The largest absolute Gasteiger partial charge is 0.390 e. The molecule has 4 nitrogen and oxygen atoms in total. The van der Waals surface area contributed by atoms with Crippen LogP contribution in [0.4, 0.5) is 13.2 Å². The van der Waals surface area contributed by atoms with E-state index in [9.17, 15) is 23.4 Å². The molecule has 0 amide bonds. The second-order valence-electron chi connectivity index (χ2n) is 4.63. The molecule has 1 heterocycles. The van der Waals surface area contributed by atoms with E-state index in [1.807, 2.05) is 0 Å².